The van der Waals surface area contributed by atoms with E-state index in [0.717, 1.165) is 51.6 Å². The fourth-order valence-corrected chi connectivity index (χ4v) is 3.64. The number of nitrogens with one attached hydrogen (secondary N) is 2. The highest BCUT2D eigenvalue weighted by Gasteiger charge is 2.39. The smallest absolute Gasteiger partial charge is 0.306 e. The van der Waals surface area contributed by atoms with Gasteiger partial charge in [-0.15, -0.1) is 0 Å². The summed E-state index contributed by atoms with van der Waals surface area (Å²) < 4.78 is 0. The molecule has 3 atom stereocenters. The molecule has 2 fully saturated rings. The molecule has 5 nitrogen and oxygen atoms in total. The Balaban J connectivity index is 1.89. The van der Waals surface area contributed by atoms with Gasteiger partial charge in [-0.3, -0.25) is 9.59 Å². The Hall–Kier alpha value is -1.10. The van der Waals surface area contributed by atoms with Gasteiger partial charge in [0, 0.05) is 13.1 Å². The third-order valence-corrected chi connectivity index (χ3v) is 5.13. The monoisotopic (exact) mass is 282 g/mol. The molecule has 2 aliphatic rings. The Morgan fingerprint density at radius 1 is 1.35 bits per heavy atom. The van der Waals surface area contributed by atoms with Crippen molar-refractivity contribution < 1.29 is 14.7 Å². The maximum atomic E-state index is 12.5. The number of hydrogen-bond acceptors (Lipinski definition) is 3. The third-order valence-electron chi connectivity index (χ3n) is 5.13. The maximum Gasteiger partial charge on any atom is 0.306 e. The summed E-state index contributed by atoms with van der Waals surface area (Å²) in [5.41, 5.74) is -0.296. The molecule has 1 amide bonds. The summed E-state index contributed by atoms with van der Waals surface area (Å²) in [5, 5.41) is 15.5. The van der Waals surface area contributed by atoms with E-state index in [1.165, 1.54) is 0 Å². The van der Waals surface area contributed by atoms with Gasteiger partial charge in [0.25, 0.3) is 0 Å². The fourth-order valence-electron chi connectivity index (χ4n) is 3.64. The van der Waals surface area contributed by atoms with Crippen LogP contribution in [0.5, 0.6) is 0 Å². The number of aliphatic carboxylic acids is 1. The van der Waals surface area contributed by atoms with Crippen molar-refractivity contribution in [3.05, 3.63) is 0 Å². The lowest BCUT2D eigenvalue weighted by Gasteiger charge is -2.35. The lowest BCUT2D eigenvalue weighted by Crippen LogP contribution is -2.51. The summed E-state index contributed by atoms with van der Waals surface area (Å²) in [7, 11) is 0. The summed E-state index contributed by atoms with van der Waals surface area (Å²) in [4.78, 5) is 23.6. The standard InChI is InChI=1S/C15H26N2O3/c1-2-15(7-4-8-16-10-15)14(20)17-9-11-5-3-6-12(11)13(18)19/h11-12,16H,2-10H2,1H3,(H,17,20)(H,18,19). The van der Waals surface area contributed by atoms with Crippen molar-refractivity contribution in [1.82, 2.24) is 10.6 Å². The molecule has 2 rings (SSSR count). The van der Waals surface area contributed by atoms with Gasteiger partial charge in [0.15, 0.2) is 0 Å². The number of rotatable bonds is 5. The van der Waals surface area contributed by atoms with E-state index in [4.69, 9.17) is 0 Å². The van der Waals surface area contributed by atoms with Gasteiger partial charge in [-0.25, -0.2) is 0 Å². The van der Waals surface area contributed by atoms with E-state index in [1.807, 2.05) is 0 Å². The van der Waals surface area contributed by atoms with Gasteiger partial charge in [-0.2, -0.15) is 0 Å². The molecule has 20 heavy (non-hydrogen) atoms. The van der Waals surface area contributed by atoms with E-state index >= 15 is 0 Å². The van der Waals surface area contributed by atoms with Gasteiger partial charge in [-0.1, -0.05) is 13.3 Å². The van der Waals surface area contributed by atoms with E-state index < -0.39 is 5.97 Å². The van der Waals surface area contributed by atoms with Crippen LogP contribution in [0.2, 0.25) is 0 Å². The molecule has 3 N–H and O–H groups in total. The molecule has 1 aliphatic heterocycles. The topological polar surface area (TPSA) is 78.4 Å². The van der Waals surface area contributed by atoms with Crippen molar-refractivity contribution >= 4 is 11.9 Å². The Labute approximate surface area is 120 Å². The average molecular weight is 282 g/mol. The number of carboxylic acid groups (broad SMARTS) is 1. The van der Waals surface area contributed by atoms with Crippen molar-refractivity contribution in [3.8, 4) is 0 Å². The molecule has 0 aromatic heterocycles. The summed E-state index contributed by atoms with van der Waals surface area (Å²) >= 11 is 0. The molecule has 0 bridgehead atoms. The molecule has 3 unspecified atom stereocenters. The summed E-state index contributed by atoms with van der Waals surface area (Å²) in [6.07, 6.45) is 5.40. The van der Waals surface area contributed by atoms with Gasteiger partial charge in [0.1, 0.15) is 0 Å². The first-order valence-corrected chi connectivity index (χ1v) is 7.81. The second kappa shape index (κ2) is 6.57. The lowest BCUT2D eigenvalue weighted by molar-refractivity contribution is -0.143. The molecule has 0 aromatic rings. The molecule has 114 valence electrons. The van der Waals surface area contributed by atoms with E-state index in [1.54, 1.807) is 0 Å². The van der Waals surface area contributed by atoms with Crippen molar-refractivity contribution in [1.29, 1.82) is 0 Å². The summed E-state index contributed by atoms with van der Waals surface area (Å²) in [5.74, 6) is -0.797. The minimum absolute atomic E-state index is 0.0990. The molecular formula is C15H26N2O3. The SMILES string of the molecule is CCC1(C(=O)NCC2CCCC2C(=O)O)CCCNC1. The molecule has 5 heteroatoms. The second-order valence-corrected chi connectivity index (χ2v) is 6.26. The number of hydrogen-bond donors (Lipinski definition) is 3. The zero-order chi connectivity index (χ0) is 14.6. The number of carbonyl (C=O) groups excluding carboxylic acids is 1. The normalized spacial score (nSPS) is 33.9. The first-order valence-electron chi connectivity index (χ1n) is 7.81. The molecule has 1 saturated carbocycles. The van der Waals surface area contributed by atoms with E-state index in [0.29, 0.717) is 6.54 Å². The molecule has 0 aromatic carbocycles. The second-order valence-electron chi connectivity index (χ2n) is 6.26. The molecule has 1 aliphatic carbocycles. The van der Waals surface area contributed by atoms with Crippen LogP contribution in [0.15, 0.2) is 0 Å². The number of amides is 1. The Morgan fingerprint density at radius 3 is 2.75 bits per heavy atom. The zero-order valence-corrected chi connectivity index (χ0v) is 12.3. The highest BCUT2D eigenvalue weighted by atomic mass is 16.4. The van der Waals surface area contributed by atoms with E-state index in [-0.39, 0.29) is 23.2 Å². The molecule has 0 radical (unpaired) electrons. The first kappa shape index (κ1) is 15.3. The summed E-state index contributed by atoms with van der Waals surface area (Å²) in [6, 6.07) is 0. The minimum Gasteiger partial charge on any atom is -0.481 e. The highest BCUT2D eigenvalue weighted by molar-refractivity contribution is 5.83. The zero-order valence-electron chi connectivity index (χ0n) is 12.3. The van der Waals surface area contributed by atoms with Crippen molar-refractivity contribution in [2.75, 3.05) is 19.6 Å². The molecular weight excluding hydrogens is 256 g/mol. The fraction of sp³-hybridized carbons (Fsp3) is 0.867. The average Bonchev–Trinajstić information content (AvgIpc) is 2.94. The van der Waals surface area contributed by atoms with Gasteiger partial charge in [-0.05, 0) is 44.6 Å². The van der Waals surface area contributed by atoms with Gasteiger partial charge < -0.3 is 15.7 Å². The van der Waals surface area contributed by atoms with Crippen molar-refractivity contribution in [3.63, 3.8) is 0 Å². The largest absolute Gasteiger partial charge is 0.481 e. The van der Waals surface area contributed by atoms with Crippen molar-refractivity contribution in [2.45, 2.75) is 45.4 Å². The van der Waals surface area contributed by atoms with Crippen LogP contribution in [0.4, 0.5) is 0 Å². The van der Waals surface area contributed by atoms with Crippen molar-refractivity contribution in [2.24, 2.45) is 17.3 Å². The quantitative estimate of drug-likeness (QED) is 0.712. The van der Waals surface area contributed by atoms with E-state index in [2.05, 4.69) is 17.6 Å². The van der Waals surface area contributed by atoms with Crippen LogP contribution in [-0.2, 0) is 9.59 Å². The van der Waals surface area contributed by atoms with Gasteiger partial charge in [0.2, 0.25) is 5.91 Å². The van der Waals surface area contributed by atoms with Crippen LogP contribution in [0, 0.1) is 17.3 Å². The minimum atomic E-state index is -0.716. The first-order chi connectivity index (χ1) is 9.59. The number of carboxylic acids is 1. The Morgan fingerprint density at radius 2 is 2.15 bits per heavy atom. The molecule has 1 heterocycles. The number of carbonyl (C=O) groups is 2. The van der Waals surface area contributed by atoms with Gasteiger partial charge in [0.05, 0.1) is 11.3 Å². The van der Waals surface area contributed by atoms with Gasteiger partial charge >= 0.3 is 5.97 Å². The van der Waals surface area contributed by atoms with Crippen LogP contribution < -0.4 is 10.6 Å². The lowest BCUT2D eigenvalue weighted by atomic mass is 9.77. The van der Waals surface area contributed by atoms with Crippen LogP contribution >= 0.6 is 0 Å². The molecule has 0 spiro atoms. The number of piperidine rings is 1. The van der Waals surface area contributed by atoms with Crippen LogP contribution in [0.3, 0.4) is 0 Å². The third kappa shape index (κ3) is 3.14. The highest BCUT2D eigenvalue weighted by Crippen LogP contribution is 2.33. The predicted octanol–water partition coefficient (Wildman–Crippen LogP) is 1.38. The van der Waals surface area contributed by atoms with Crippen LogP contribution in [0.25, 0.3) is 0 Å². The maximum absolute atomic E-state index is 12.5. The predicted molar refractivity (Wildman–Crippen MR) is 76.3 cm³/mol. The van der Waals surface area contributed by atoms with Crippen LogP contribution in [0.1, 0.15) is 45.4 Å². The van der Waals surface area contributed by atoms with Crippen LogP contribution in [-0.4, -0.2) is 36.6 Å². The van der Waals surface area contributed by atoms with E-state index in [9.17, 15) is 14.7 Å². The Bertz CT molecular complexity index is 364. The molecule has 1 saturated heterocycles. The Kier molecular flexibility index (Phi) is 5.02. The summed E-state index contributed by atoms with van der Waals surface area (Å²) in [6.45, 7) is 4.29.